The van der Waals surface area contributed by atoms with Crippen LogP contribution < -0.4 is 0 Å². The van der Waals surface area contributed by atoms with E-state index in [-0.39, 0.29) is 11.9 Å². The van der Waals surface area contributed by atoms with E-state index in [1.54, 1.807) is 17.5 Å². The summed E-state index contributed by atoms with van der Waals surface area (Å²) in [4.78, 5) is 19.3. The summed E-state index contributed by atoms with van der Waals surface area (Å²) in [5.41, 5.74) is 2.93. The number of pyridine rings is 1. The van der Waals surface area contributed by atoms with Gasteiger partial charge in [0.2, 0.25) is 11.8 Å². The largest absolute Gasteiger partial charge is 0.417 e. The highest BCUT2D eigenvalue weighted by Gasteiger charge is 2.34. The molecule has 1 atom stereocenters. The highest BCUT2D eigenvalue weighted by molar-refractivity contribution is 7.17. The van der Waals surface area contributed by atoms with Gasteiger partial charge in [0.25, 0.3) is 5.89 Å². The zero-order chi connectivity index (χ0) is 19.8. The van der Waals surface area contributed by atoms with Crippen LogP contribution in [0.5, 0.6) is 0 Å². The fourth-order valence-electron chi connectivity index (χ4n) is 3.88. The fourth-order valence-corrected chi connectivity index (χ4v) is 4.82. The lowest BCUT2D eigenvalue weighted by Crippen LogP contribution is -2.32. The van der Waals surface area contributed by atoms with E-state index in [0.717, 1.165) is 18.4 Å². The highest BCUT2D eigenvalue weighted by Crippen LogP contribution is 2.34. The van der Waals surface area contributed by atoms with Crippen molar-refractivity contribution in [2.45, 2.75) is 32.2 Å². The van der Waals surface area contributed by atoms with E-state index in [4.69, 9.17) is 4.42 Å². The summed E-state index contributed by atoms with van der Waals surface area (Å²) in [7, 11) is 0. The molecule has 1 aliphatic rings. The van der Waals surface area contributed by atoms with Crippen LogP contribution in [0, 0.1) is 6.92 Å². The molecule has 29 heavy (non-hydrogen) atoms. The Morgan fingerprint density at radius 2 is 2.21 bits per heavy atom. The summed E-state index contributed by atoms with van der Waals surface area (Å²) in [6.45, 7) is 2.79. The number of carbonyl (C=O) groups is 1. The Hall–Kier alpha value is -3.06. The van der Waals surface area contributed by atoms with E-state index in [2.05, 4.69) is 45.7 Å². The smallest absolute Gasteiger partial charge is 0.266 e. The molecule has 1 aliphatic heterocycles. The lowest BCUT2D eigenvalue weighted by molar-refractivity contribution is -0.131. The molecule has 146 valence electrons. The molecule has 1 amide bonds. The molecule has 0 bridgehead atoms. The van der Waals surface area contributed by atoms with Crippen LogP contribution in [-0.4, -0.2) is 32.5 Å². The Balaban J connectivity index is 1.37. The molecule has 6 nitrogen and oxygen atoms in total. The van der Waals surface area contributed by atoms with Gasteiger partial charge >= 0.3 is 0 Å². The van der Waals surface area contributed by atoms with Gasteiger partial charge in [-0.05, 0) is 54.3 Å². The standard InChI is InChI=1S/C22H20N4O2S/c1-14-7-8-19-16(11-14)15(13-29-19)12-20(27)26-10-4-6-18(26)22-25-24-21(28-22)17-5-2-3-9-23-17/h2-3,5,7-9,11,13,18H,4,6,10,12H2,1H3. The van der Waals surface area contributed by atoms with Gasteiger partial charge in [0, 0.05) is 17.4 Å². The number of thiophene rings is 1. The number of aryl methyl sites for hydroxylation is 1. The van der Waals surface area contributed by atoms with E-state index in [9.17, 15) is 4.79 Å². The molecule has 1 saturated heterocycles. The summed E-state index contributed by atoms with van der Waals surface area (Å²) in [5.74, 6) is 0.980. The van der Waals surface area contributed by atoms with Gasteiger partial charge in [0.05, 0.1) is 6.42 Å². The Kier molecular flexibility index (Phi) is 4.60. The second kappa shape index (κ2) is 7.40. The van der Waals surface area contributed by atoms with E-state index >= 15 is 0 Å². The van der Waals surface area contributed by atoms with Crippen LogP contribution >= 0.6 is 11.3 Å². The quantitative estimate of drug-likeness (QED) is 0.499. The Morgan fingerprint density at radius 1 is 1.28 bits per heavy atom. The average Bonchev–Trinajstić information content (AvgIpc) is 3.48. The SMILES string of the molecule is Cc1ccc2scc(CC(=O)N3CCCC3c3nnc(-c4ccccn4)o3)c2c1. The van der Waals surface area contributed by atoms with E-state index in [1.165, 1.54) is 15.6 Å². The number of nitrogens with zero attached hydrogens (tertiary/aromatic N) is 4. The fraction of sp³-hybridized carbons (Fsp3) is 0.273. The molecule has 4 aromatic rings. The van der Waals surface area contributed by atoms with Crippen LogP contribution in [0.1, 0.15) is 35.9 Å². The van der Waals surface area contributed by atoms with E-state index < -0.39 is 0 Å². The molecular weight excluding hydrogens is 384 g/mol. The number of amides is 1. The van der Waals surface area contributed by atoms with Crippen molar-refractivity contribution in [1.82, 2.24) is 20.1 Å². The van der Waals surface area contributed by atoms with Gasteiger partial charge in [0.1, 0.15) is 11.7 Å². The van der Waals surface area contributed by atoms with Gasteiger partial charge in [-0.2, -0.15) is 0 Å². The molecular formula is C22H20N4O2S. The van der Waals surface area contributed by atoms with Crippen molar-refractivity contribution in [2.24, 2.45) is 0 Å². The van der Waals surface area contributed by atoms with Crippen molar-refractivity contribution in [3.63, 3.8) is 0 Å². The molecule has 1 unspecified atom stereocenters. The van der Waals surface area contributed by atoms with Crippen molar-refractivity contribution in [1.29, 1.82) is 0 Å². The number of rotatable bonds is 4. The second-order valence-corrected chi connectivity index (χ2v) is 8.25. The molecule has 5 rings (SSSR count). The summed E-state index contributed by atoms with van der Waals surface area (Å²) >= 11 is 1.69. The summed E-state index contributed by atoms with van der Waals surface area (Å²) < 4.78 is 7.09. The van der Waals surface area contributed by atoms with Crippen LogP contribution in [0.3, 0.4) is 0 Å². The van der Waals surface area contributed by atoms with Crippen LogP contribution in [0.25, 0.3) is 21.7 Å². The minimum atomic E-state index is -0.168. The van der Waals surface area contributed by atoms with Crippen molar-refractivity contribution in [3.05, 3.63) is 65.0 Å². The number of aromatic nitrogens is 3. The van der Waals surface area contributed by atoms with Crippen molar-refractivity contribution in [2.75, 3.05) is 6.54 Å². The first-order chi connectivity index (χ1) is 14.2. The number of fused-ring (bicyclic) bond motifs is 1. The number of benzene rings is 1. The number of carbonyl (C=O) groups excluding carboxylic acids is 1. The van der Waals surface area contributed by atoms with Crippen molar-refractivity contribution >= 4 is 27.3 Å². The zero-order valence-corrected chi connectivity index (χ0v) is 16.9. The molecule has 4 heterocycles. The first-order valence-electron chi connectivity index (χ1n) is 9.70. The molecule has 0 saturated carbocycles. The van der Waals surface area contributed by atoms with Crippen molar-refractivity contribution < 1.29 is 9.21 Å². The molecule has 0 N–H and O–H groups in total. The normalized spacial score (nSPS) is 16.6. The lowest BCUT2D eigenvalue weighted by Gasteiger charge is -2.22. The molecule has 0 aliphatic carbocycles. The second-order valence-electron chi connectivity index (χ2n) is 7.34. The predicted molar refractivity (Wildman–Crippen MR) is 111 cm³/mol. The van der Waals surface area contributed by atoms with Gasteiger partial charge in [-0.1, -0.05) is 23.8 Å². The Bertz CT molecular complexity index is 1170. The minimum Gasteiger partial charge on any atom is -0.417 e. The summed E-state index contributed by atoms with van der Waals surface area (Å²) in [6, 6.07) is 11.8. The topological polar surface area (TPSA) is 72.1 Å². The van der Waals surface area contributed by atoms with Crippen LogP contribution in [0.4, 0.5) is 0 Å². The van der Waals surface area contributed by atoms with Gasteiger partial charge in [-0.15, -0.1) is 21.5 Å². The summed E-state index contributed by atoms with van der Waals surface area (Å²) in [6.07, 6.45) is 3.85. The first kappa shape index (κ1) is 18.0. The highest BCUT2D eigenvalue weighted by atomic mass is 32.1. The molecule has 0 spiro atoms. The maximum Gasteiger partial charge on any atom is 0.266 e. The maximum absolute atomic E-state index is 13.1. The summed E-state index contributed by atoms with van der Waals surface area (Å²) in [5, 5.41) is 11.6. The predicted octanol–water partition coefficient (Wildman–Crippen LogP) is 4.56. The Morgan fingerprint density at radius 3 is 3.07 bits per heavy atom. The van der Waals surface area contributed by atoms with Crippen LogP contribution in [0.2, 0.25) is 0 Å². The minimum absolute atomic E-state index is 0.103. The van der Waals surface area contributed by atoms with Gasteiger partial charge in [0.15, 0.2) is 0 Å². The number of likely N-dealkylation sites (tertiary alicyclic amines) is 1. The molecule has 3 aromatic heterocycles. The molecule has 0 radical (unpaired) electrons. The molecule has 7 heteroatoms. The molecule has 1 aromatic carbocycles. The van der Waals surface area contributed by atoms with Gasteiger partial charge in [-0.25, -0.2) is 0 Å². The Labute approximate surface area is 172 Å². The third-order valence-corrected chi connectivity index (χ3v) is 6.35. The molecule has 1 fully saturated rings. The van der Waals surface area contributed by atoms with E-state index in [0.29, 0.717) is 30.4 Å². The van der Waals surface area contributed by atoms with Crippen LogP contribution in [0.15, 0.2) is 52.4 Å². The third kappa shape index (κ3) is 3.42. The van der Waals surface area contributed by atoms with Gasteiger partial charge in [-0.3, -0.25) is 9.78 Å². The zero-order valence-electron chi connectivity index (χ0n) is 16.0. The number of hydrogen-bond donors (Lipinski definition) is 0. The third-order valence-electron chi connectivity index (χ3n) is 5.33. The van der Waals surface area contributed by atoms with Crippen molar-refractivity contribution in [3.8, 4) is 11.6 Å². The number of hydrogen-bond acceptors (Lipinski definition) is 6. The van der Waals surface area contributed by atoms with E-state index in [1.807, 2.05) is 23.1 Å². The first-order valence-corrected chi connectivity index (χ1v) is 10.6. The maximum atomic E-state index is 13.1. The average molecular weight is 404 g/mol. The van der Waals surface area contributed by atoms with Gasteiger partial charge < -0.3 is 9.32 Å². The van der Waals surface area contributed by atoms with Crippen LogP contribution in [-0.2, 0) is 11.2 Å². The monoisotopic (exact) mass is 404 g/mol. The lowest BCUT2D eigenvalue weighted by atomic mass is 10.1.